The highest BCUT2D eigenvalue weighted by Gasteiger charge is 2.30. The lowest BCUT2D eigenvalue weighted by molar-refractivity contribution is -0.122. The molecule has 2 atom stereocenters. The molecule has 1 radical (unpaired) electrons. The zero-order chi connectivity index (χ0) is 15.5. The molecule has 1 heterocycles. The fraction of sp³-hybridized carbons (Fsp3) is 0.263. The monoisotopic (exact) mass is 293 g/mol. The number of rotatable bonds is 3. The van der Waals surface area contributed by atoms with Gasteiger partial charge >= 0.3 is 0 Å². The Kier molecular flexibility index (Phi) is 4.25. The molecule has 0 spiro atoms. The summed E-state index contributed by atoms with van der Waals surface area (Å²) >= 11 is 0. The second-order valence-electron chi connectivity index (χ2n) is 5.90. The van der Waals surface area contributed by atoms with Crippen LogP contribution in [0.15, 0.2) is 54.6 Å². The Labute approximate surface area is 131 Å². The maximum Gasteiger partial charge on any atom is 0.235 e. The number of amides is 1. The summed E-state index contributed by atoms with van der Waals surface area (Å²) in [5, 5.41) is 0. The van der Waals surface area contributed by atoms with E-state index in [1.54, 1.807) is 0 Å². The third-order valence-corrected chi connectivity index (χ3v) is 4.42. The summed E-state index contributed by atoms with van der Waals surface area (Å²) in [4.78, 5) is 13.5. The Morgan fingerprint density at radius 2 is 1.68 bits per heavy atom. The quantitative estimate of drug-likeness (QED) is 0.946. The molecular weight excluding hydrogens is 272 g/mol. The van der Waals surface area contributed by atoms with E-state index < -0.39 is 0 Å². The zero-order valence-corrected chi connectivity index (χ0v) is 12.8. The van der Waals surface area contributed by atoms with Gasteiger partial charge in [0.1, 0.15) is 0 Å². The SMILES string of the molecule is CN1CC[C@H](c2ccc(-c3ccccc3)cc2)[CH]C1C(N)=O. The van der Waals surface area contributed by atoms with Gasteiger partial charge < -0.3 is 5.73 Å². The standard InChI is InChI=1S/C19H21N2O/c1-21-12-11-17(13-18(21)19(20)22)16-9-7-15(8-10-16)14-5-3-2-4-6-14/h2-10,13,17-18H,11-12H2,1H3,(H2,20,22)/t17-,18?/m0/s1. The molecule has 1 aliphatic heterocycles. The van der Waals surface area contributed by atoms with Gasteiger partial charge in [-0.25, -0.2) is 0 Å². The summed E-state index contributed by atoms with van der Waals surface area (Å²) in [6.07, 6.45) is 3.09. The molecule has 3 heteroatoms. The van der Waals surface area contributed by atoms with Crippen LogP contribution in [0, 0.1) is 6.42 Å². The molecular formula is C19H21N2O. The minimum Gasteiger partial charge on any atom is -0.368 e. The van der Waals surface area contributed by atoms with Crippen molar-refractivity contribution in [2.75, 3.05) is 13.6 Å². The lowest BCUT2D eigenvalue weighted by atomic mass is 9.84. The van der Waals surface area contributed by atoms with Crippen molar-refractivity contribution in [3.63, 3.8) is 0 Å². The maximum absolute atomic E-state index is 11.5. The number of primary amides is 1. The van der Waals surface area contributed by atoms with Crippen molar-refractivity contribution in [3.8, 4) is 11.1 Å². The Hall–Kier alpha value is -2.13. The molecule has 1 amide bonds. The van der Waals surface area contributed by atoms with Crippen LogP contribution < -0.4 is 5.73 Å². The second-order valence-corrected chi connectivity index (χ2v) is 5.90. The summed E-state index contributed by atoms with van der Waals surface area (Å²) < 4.78 is 0. The topological polar surface area (TPSA) is 46.3 Å². The minimum atomic E-state index is -0.271. The third kappa shape index (κ3) is 3.04. The van der Waals surface area contributed by atoms with Gasteiger partial charge in [0.25, 0.3) is 0 Å². The van der Waals surface area contributed by atoms with Crippen molar-refractivity contribution in [2.45, 2.75) is 18.4 Å². The van der Waals surface area contributed by atoms with Gasteiger partial charge in [-0.1, -0.05) is 54.6 Å². The largest absolute Gasteiger partial charge is 0.368 e. The van der Waals surface area contributed by atoms with Gasteiger partial charge in [-0.3, -0.25) is 9.69 Å². The van der Waals surface area contributed by atoms with Gasteiger partial charge in [-0.05, 0) is 49.0 Å². The smallest absolute Gasteiger partial charge is 0.235 e. The predicted molar refractivity (Wildman–Crippen MR) is 89.1 cm³/mol. The minimum absolute atomic E-state index is 0.270. The van der Waals surface area contributed by atoms with Crippen LogP contribution in [0.5, 0.6) is 0 Å². The lowest BCUT2D eigenvalue weighted by Crippen LogP contribution is -2.47. The average Bonchev–Trinajstić information content (AvgIpc) is 2.56. The van der Waals surface area contributed by atoms with E-state index in [4.69, 9.17) is 5.73 Å². The van der Waals surface area contributed by atoms with E-state index in [1.165, 1.54) is 16.7 Å². The van der Waals surface area contributed by atoms with Crippen LogP contribution in [-0.4, -0.2) is 30.4 Å². The van der Waals surface area contributed by atoms with Crippen molar-refractivity contribution in [1.29, 1.82) is 0 Å². The van der Waals surface area contributed by atoms with E-state index in [9.17, 15) is 4.79 Å². The average molecular weight is 293 g/mol. The highest BCUT2D eigenvalue weighted by Crippen LogP contribution is 2.31. The fourth-order valence-electron chi connectivity index (χ4n) is 3.09. The number of likely N-dealkylation sites (N-methyl/N-ethyl adjacent to an activating group) is 1. The molecule has 0 saturated carbocycles. The van der Waals surface area contributed by atoms with E-state index in [2.05, 4.69) is 42.8 Å². The fourth-order valence-corrected chi connectivity index (χ4v) is 3.09. The first-order chi connectivity index (χ1) is 10.6. The number of nitrogens with two attached hydrogens (primary N) is 1. The van der Waals surface area contributed by atoms with E-state index in [1.807, 2.05) is 30.1 Å². The molecule has 1 fully saturated rings. The summed E-state index contributed by atoms with van der Waals surface area (Å²) in [6, 6.07) is 18.7. The summed E-state index contributed by atoms with van der Waals surface area (Å²) in [5.74, 6) is 0.0200. The molecule has 0 aromatic heterocycles. The van der Waals surface area contributed by atoms with Crippen molar-refractivity contribution < 1.29 is 4.79 Å². The van der Waals surface area contributed by atoms with Gasteiger partial charge in [-0.15, -0.1) is 0 Å². The van der Waals surface area contributed by atoms with Gasteiger partial charge in [0.15, 0.2) is 0 Å². The van der Waals surface area contributed by atoms with Crippen LogP contribution in [0.25, 0.3) is 11.1 Å². The Morgan fingerprint density at radius 3 is 2.32 bits per heavy atom. The third-order valence-electron chi connectivity index (χ3n) is 4.42. The highest BCUT2D eigenvalue weighted by atomic mass is 16.1. The van der Waals surface area contributed by atoms with Gasteiger partial charge in [0.2, 0.25) is 5.91 Å². The molecule has 22 heavy (non-hydrogen) atoms. The van der Waals surface area contributed by atoms with Gasteiger partial charge in [0, 0.05) is 0 Å². The lowest BCUT2D eigenvalue weighted by Gasteiger charge is -2.35. The van der Waals surface area contributed by atoms with Crippen molar-refractivity contribution in [3.05, 3.63) is 66.6 Å². The number of carbonyl (C=O) groups is 1. The van der Waals surface area contributed by atoms with Crippen LogP contribution in [0.2, 0.25) is 0 Å². The molecule has 2 N–H and O–H groups in total. The Morgan fingerprint density at radius 1 is 1.05 bits per heavy atom. The van der Waals surface area contributed by atoms with E-state index in [0.717, 1.165) is 13.0 Å². The maximum atomic E-state index is 11.5. The molecule has 3 nitrogen and oxygen atoms in total. The molecule has 2 aromatic rings. The number of hydrogen-bond acceptors (Lipinski definition) is 2. The first kappa shape index (κ1) is 14.8. The van der Waals surface area contributed by atoms with E-state index in [-0.39, 0.29) is 11.9 Å². The highest BCUT2D eigenvalue weighted by molar-refractivity contribution is 5.81. The number of carbonyl (C=O) groups excluding carboxylic acids is 1. The summed E-state index contributed by atoms with van der Waals surface area (Å²) in [5.41, 5.74) is 9.17. The van der Waals surface area contributed by atoms with Crippen molar-refractivity contribution >= 4 is 5.91 Å². The zero-order valence-electron chi connectivity index (χ0n) is 12.8. The molecule has 113 valence electrons. The van der Waals surface area contributed by atoms with Crippen LogP contribution in [-0.2, 0) is 4.79 Å². The number of nitrogens with zero attached hydrogens (tertiary/aromatic N) is 1. The number of likely N-dealkylation sites (tertiary alicyclic amines) is 1. The van der Waals surface area contributed by atoms with Crippen LogP contribution in [0.4, 0.5) is 0 Å². The second kappa shape index (κ2) is 6.32. The number of piperidine rings is 1. The molecule has 3 rings (SSSR count). The van der Waals surface area contributed by atoms with Crippen LogP contribution >= 0.6 is 0 Å². The molecule has 0 aliphatic carbocycles. The predicted octanol–water partition coefficient (Wildman–Crippen LogP) is 2.83. The van der Waals surface area contributed by atoms with Crippen LogP contribution in [0.3, 0.4) is 0 Å². The van der Waals surface area contributed by atoms with Gasteiger partial charge in [-0.2, -0.15) is 0 Å². The first-order valence-corrected chi connectivity index (χ1v) is 7.65. The first-order valence-electron chi connectivity index (χ1n) is 7.65. The van der Waals surface area contributed by atoms with E-state index >= 15 is 0 Å². The normalized spacial score (nSPS) is 22.4. The number of benzene rings is 2. The van der Waals surface area contributed by atoms with Gasteiger partial charge in [0.05, 0.1) is 6.04 Å². The molecule has 1 aliphatic rings. The van der Waals surface area contributed by atoms with Crippen LogP contribution in [0.1, 0.15) is 17.9 Å². The van der Waals surface area contributed by atoms with E-state index in [0.29, 0.717) is 5.92 Å². The Bertz CT molecular complexity index is 636. The molecule has 1 unspecified atom stereocenters. The molecule has 1 saturated heterocycles. The van der Waals surface area contributed by atoms with Crippen molar-refractivity contribution in [2.24, 2.45) is 5.73 Å². The summed E-state index contributed by atoms with van der Waals surface area (Å²) in [7, 11) is 1.95. The van der Waals surface area contributed by atoms with Crippen molar-refractivity contribution in [1.82, 2.24) is 4.90 Å². The number of hydrogen-bond donors (Lipinski definition) is 1. The molecule has 0 bridgehead atoms. The molecule has 2 aromatic carbocycles. The summed E-state index contributed by atoms with van der Waals surface area (Å²) in [6.45, 7) is 0.884. The Balaban J connectivity index is 1.77.